The van der Waals surface area contributed by atoms with Crippen LogP contribution in [0.2, 0.25) is 0 Å². The molecule has 1 aromatic carbocycles. The second kappa shape index (κ2) is 14.1. The Labute approximate surface area is 164 Å². The first-order valence-electron chi connectivity index (χ1n) is 9.50. The first kappa shape index (κ1) is 24.0. The van der Waals surface area contributed by atoms with E-state index in [9.17, 15) is 19.8 Å². The fourth-order valence-electron chi connectivity index (χ4n) is 2.79. The first-order chi connectivity index (χ1) is 13.5. The van der Waals surface area contributed by atoms with E-state index >= 15 is 0 Å². The standard InChI is InChI=1S/C20H30O8/c21-7-3-11-27-9-1-5-15-13-17(19(23)24)16(18(14-15)20(25)26)6-2-10-28-12-4-8-22/h13-14,21-22H,1-12H2,(H,23,24)(H,25,26). The van der Waals surface area contributed by atoms with Crippen LogP contribution in [0.1, 0.15) is 57.5 Å². The molecule has 0 bridgehead atoms. The van der Waals surface area contributed by atoms with E-state index in [-0.39, 0.29) is 30.8 Å². The van der Waals surface area contributed by atoms with Gasteiger partial charge in [0.25, 0.3) is 0 Å². The van der Waals surface area contributed by atoms with Crippen molar-refractivity contribution in [3.05, 3.63) is 34.4 Å². The molecule has 1 rings (SSSR count). The zero-order chi connectivity index (χ0) is 20.8. The zero-order valence-electron chi connectivity index (χ0n) is 16.1. The summed E-state index contributed by atoms with van der Waals surface area (Å²) in [6.07, 6.45) is 2.99. The van der Waals surface area contributed by atoms with Gasteiger partial charge in [-0.15, -0.1) is 0 Å². The van der Waals surface area contributed by atoms with Crippen molar-refractivity contribution in [1.29, 1.82) is 0 Å². The molecule has 0 saturated heterocycles. The lowest BCUT2D eigenvalue weighted by atomic mass is 9.93. The maximum Gasteiger partial charge on any atom is 0.335 e. The van der Waals surface area contributed by atoms with Crippen LogP contribution in [0.5, 0.6) is 0 Å². The Morgan fingerprint density at radius 2 is 1.14 bits per heavy atom. The van der Waals surface area contributed by atoms with E-state index in [2.05, 4.69) is 0 Å². The molecule has 4 N–H and O–H groups in total. The third-order valence-electron chi connectivity index (χ3n) is 4.13. The van der Waals surface area contributed by atoms with Crippen molar-refractivity contribution in [2.75, 3.05) is 39.6 Å². The Morgan fingerprint density at radius 1 is 0.714 bits per heavy atom. The molecule has 0 atom stereocenters. The van der Waals surface area contributed by atoms with Crippen molar-refractivity contribution < 1.29 is 39.5 Å². The van der Waals surface area contributed by atoms with Gasteiger partial charge >= 0.3 is 11.9 Å². The van der Waals surface area contributed by atoms with Crippen LogP contribution in [0.25, 0.3) is 0 Å². The third kappa shape index (κ3) is 8.79. The summed E-state index contributed by atoms with van der Waals surface area (Å²) in [7, 11) is 0. The first-order valence-corrected chi connectivity index (χ1v) is 9.50. The Bertz CT molecular complexity index is 579. The fraction of sp³-hybridized carbons (Fsp3) is 0.600. The van der Waals surface area contributed by atoms with Gasteiger partial charge in [0.1, 0.15) is 0 Å². The van der Waals surface area contributed by atoms with Crippen molar-refractivity contribution >= 4 is 11.9 Å². The molecule has 0 amide bonds. The molecule has 8 nitrogen and oxygen atoms in total. The second-order valence-corrected chi connectivity index (χ2v) is 6.37. The van der Waals surface area contributed by atoms with Crippen LogP contribution >= 0.6 is 0 Å². The van der Waals surface area contributed by atoms with Gasteiger partial charge in [-0.3, -0.25) is 0 Å². The van der Waals surface area contributed by atoms with Gasteiger partial charge in [0.15, 0.2) is 0 Å². The van der Waals surface area contributed by atoms with E-state index in [4.69, 9.17) is 19.7 Å². The molecule has 0 aliphatic rings. The summed E-state index contributed by atoms with van der Waals surface area (Å²) >= 11 is 0. The number of carbonyl (C=O) groups is 2. The largest absolute Gasteiger partial charge is 0.478 e. The van der Waals surface area contributed by atoms with Gasteiger partial charge in [-0.05, 0) is 61.8 Å². The van der Waals surface area contributed by atoms with Gasteiger partial charge < -0.3 is 29.9 Å². The summed E-state index contributed by atoms with van der Waals surface area (Å²) < 4.78 is 10.7. The topological polar surface area (TPSA) is 134 Å². The molecule has 0 saturated carbocycles. The summed E-state index contributed by atoms with van der Waals surface area (Å²) in [6, 6.07) is 3.06. The van der Waals surface area contributed by atoms with Gasteiger partial charge in [0, 0.05) is 39.6 Å². The maximum absolute atomic E-state index is 11.7. The number of carboxylic acids is 2. The van der Waals surface area contributed by atoms with Crippen LogP contribution in [0.4, 0.5) is 0 Å². The molecular formula is C20H30O8. The predicted molar refractivity (Wildman–Crippen MR) is 102 cm³/mol. The normalized spacial score (nSPS) is 10.9. The Balaban J connectivity index is 2.78. The van der Waals surface area contributed by atoms with Crippen molar-refractivity contribution in [1.82, 2.24) is 0 Å². The number of hydrogen-bond acceptors (Lipinski definition) is 6. The maximum atomic E-state index is 11.7. The summed E-state index contributed by atoms with van der Waals surface area (Å²) in [4.78, 5) is 23.3. The average Bonchev–Trinajstić information content (AvgIpc) is 2.67. The van der Waals surface area contributed by atoms with E-state index in [1.807, 2.05) is 0 Å². The molecule has 0 unspecified atom stereocenters. The van der Waals surface area contributed by atoms with E-state index in [0.717, 1.165) is 0 Å². The highest BCUT2D eigenvalue weighted by Gasteiger charge is 2.20. The van der Waals surface area contributed by atoms with Crippen LogP contribution in [-0.4, -0.2) is 72.0 Å². The molecule has 8 heteroatoms. The number of aliphatic hydroxyl groups is 2. The third-order valence-corrected chi connectivity index (χ3v) is 4.13. The molecular weight excluding hydrogens is 368 g/mol. The molecule has 0 aliphatic carbocycles. The van der Waals surface area contributed by atoms with E-state index < -0.39 is 11.9 Å². The smallest absolute Gasteiger partial charge is 0.335 e. The molecule has 0 spiro atoms. The average molecular weight is 398 g/mol. The van der Waals surface area contributed by atoms with Crippen LogP contribution in [0.3, 0.4) is 0 Å². The summed E-state index contributed by atoms with van der Waals surface area (Å²) in [5.74, 6) is -2.31. The summed E-state index contributed by atoms with van der Waals surface area (Å²) in [5, 5.41) is 36.5. The molecule has 158 valence electrons. The molecule has 0 radical (unpaired) electrons. The molecule has 0 fully saturated rings. The molecule has 0 heterocycles. The number of aliphatic hydroxyl groups excluding tert-OH is 2. The molecule has 0 aromatic heterocycles. The molecule has 28 heavy (non-hydrogen) atoms. The number of rotatable bonds is 16. The second-order valence-electron chi connectivity index (χ2n) is 6.37. The number of aryl methyl sites for hydroxylation is 1. The van der Waals surface area contributed by atoms with E-state index in [0.29, 0.717) is 69.7 Å². The predicted octanol–water partition coefficient (Wildman–Crippen LogP) is 1.75. The van der Waals surface area contributed by atoms with Crippen molar-refractivity contribution in [3.8, 4) is 0 Å². The van der Waals surface area contributed by atoms with Crippen LogP contribution in [-0.2, 0) is 22.3 Å². The molecule has 0 aliphatic heterocycles. The minimum atomic E-state index is -1.15. The Morgan fingerprint density at radius 3 is 1.57 bits per heavy atom. The Kier molecular flexibility index (Phi) is 12.1. The monoisotopic (exact) mass is 398 g/mol. The van der Waals surface area contributed by atoms with E-state index in [1.165, 1.54) is 12.1 Å². The van der Waals surface area contributed by atoms with Crippen molar-refractivity contribution in [2.45, 2.75) is 38.5 Å². The van der Waals surface area contributed by atoms with Crippen molar-refractivity contribution in [2.24, 2.45) is 0 Å². The van der Waals surface area contributed by atoms with Gasteiger partial charge in [-0.25, -0.2) is 9.59 Å². The number of benzene rings is 1. The lowest BCUT2D eigenvalue weighted by molar-refractivity contribution is 0.0693. The van der Waals surface area contributed by atoms with Gasteiger partial charge in [0.2, 0.25) is 0 Å². The SMILES string of the molecule is O=C(O)c1cc(CCCOCCCO)cc(C(=O)O)c1CCCOCCCO. The highest BCUT2D eigenvalue weighted by Crippen LogP contribution is 2.21. The minimum Gasteiger partial charge on any atom is -0.478 e. The number of hydrogen-bond donors (Lipinski definition) is 4. The van der Waals surface area contributed by atoms with Crippen LogP contribution < -0.4 is 0 Å². The van der Waals surface area contributed by atoms with Crippen molar-refractivity contribution in [3.63, 3.8) is 0 Å². The lowest BCUT2D eigenvalue weighted by Gasteiger charge is -2.13. The van der Waals surface area contributed by atoms with Crippen LogP contribution in [0.15, 0.2) is 12.1 Å². The van der Waals surface area contributed by atoms with Gasteiger partial charge in [0.05, 0.1) is 11.1 Å². The highest BCUT2D eigenvalue weighted by atomic mass is 16.5. The zero-order valence-corrected chi connectivity index (χ0v) is 16.1. The molecule has 1 aromatic rings. The quantitative estimate of drug-likeness (QED) is 0.310. The minimum absolute atomic E-state index is 0.00598. The highest BCUT2D eigenvalue weighted by molar-refractivity contribution is 5.97. The van der Waals surface area contributed by atoms with Gasteiger partial charge in [-0.1, -0.05) is 0 Å². The number of carboxylic acid groups (broad SMARTS) is 2. The number of aromatic carboxylic acids is 2. The Hall–Kier alpha value is -2.00. The van der Waals surface area contributed by atoms with E-state index in [1.54, 1.807) is 0 Å². The summed E-state index contributed by atoms with van der Waals surface area (Å²) in [5.41, 5.74) is 0.954. The van der Waals surface area contributed by atoms with Crippen LogP contribution in [0, 0.1) is 0 Å². The van der Waals surface area contributed by atoms with Gasteiger partial charge in [-0.2, -0.15) is 0 Å². The fourth-order valence-corrected chi connectivity index (χ4v) is 2.79. The summed E-state index contributed by atoms with van der Waals surface area (Å²) in [6.45, 7) is 1.80. The number of ether oxygens (including phenoxy) is 2. The lowest BCUT2D eigenvalue weighted by Crippen LogP contribution is -2.13.